The van der Waals surface area contributed by atoms with Gasteiger partial charge in [0, 0.05) is 29.2 Å². The number of para-hydroxylation sites is 2. The Labute approximate surface area is 166 Å². The van der Waals surface area contributed by atoms with Crippen molar-refractivity contribution in [2.75, 3.05) is 24.4 Å². The van der Waals surface area contributed by atoms with Gasteiger partial charge >= 0.3 is 0 Å². The number of halogens is 1. The standard InChI is InChI=1S/C21H18FN3O4/c1-28-17-7-2-3-8-18(17)29-13-20(26)24-15-5-4-6-16(12-15)25-21(27)14-9-10-23-19(22)11-14/h2-12H,13H2,1H3,(H,24,26)(H,25,27). The average molecular weight is 395 g/mol. The zero-order chi connectivity index (χ0) is 20.6. The molecule has 0 spiro atoms. The first-order valence-electron chi connectivity index (χ1n) is 8.64. The van der Waals surface area contributed by atoms with E-state index in [1.54, 1.807) is 48.5 Å². The lowest BCUT2D eigenvalue weighted by Crippen LogP contribution is -2.20. The van der Waals surface area contributed by atoms with Crippen molar-refractivity contribution in [1.82, 2.24) is 4.98 Å². The molecule has 0 saturated heterocycles. The van der Waals surface area contributed by atoms with Gasteiger partial charge in [0.1, 0.15) is 0 Å². The number of nitrogens with zero attached hydrogens (tertiary/aromatic N) is 1. The fourth-order valence-corrected chi connectivity index (χ4v) is 2.50. The van der Waals surface area contributed by atoms with E-state index >= 15 is 0 Å². The smallest absolute Gasteiger partial charge is 0.262 e. The second-order valence-electron chi connectivity index (χ2n) is 5.89. The molecule has 0 fully saturated rings. The zero-order valence-corrected chi connectivity index (χ0v) is 15.5. The van der Waals surface area contributed by atoms with Crippen molar-refractivity contribution in [2.24, 2.45) is 0 Å². The van der Waals surface area contributed by atoms with Crippen molar-refractivity contribution in [3.63, 3.8) is 0 Å². The van der Waals surface area contributed by atoms with Crippen LogP contribution in [0.25, 0.3) is 0 Å². The second kappa shape index (κ2) is 9.32. The number of hydrogen-bond acceptors (Lipinski definition) is 5. The highest BCUT2D eigenvalue weighted by Gasteiger charge is 2.10. The first kappa shape index (κ1) is 19.8. The normalized spacial score (nSPS) is 10.1. The predicted octanol–water partition coefficient (Wildman–Crippen LogP) is 3.50. The fourth-order valence-electron chi connectivity index (χ4n) is 2.50. The Morgan fingerprint density at radius 1 is 0.966 bits per heavy atom. The maximum atomic E-state index is 13.2. The van der Waals surface area contributed by atoms with Gasteiger partial charge in [-0.1, -0.05) is 18.2 Å². The molecule has 29 heavy (non-hydrogen) atoms. The number of aromatic nitrogens is 1. The number of amides is 2. The van der Waals surface area contributed by atoms with Crippen LogP contribution in [0.5, 0.6) is 11.5 Å². The fraction of sp³-hybridized carbons (Fsp3) is 0.0952. The minimum absolute atomic E-state index is 0.136. The summed E-state index contributed by atoms with van der Waals surface area (Å²) in [6.07, 6.45) is 1.21. The number of carbonyl (C=O) groups is 2. The van der Waals surface area contributed by atoms with Gasteiger partial charge in [-0.25, -0.2) is 4.98 Å². The van der Waals surface area contributed by atoms with Crippen molar-refractivity contribution in [1.29, 1.82) is 0 Å². The molecule has 0 atom stereocenters. The third kappa shape index (κ3) is 5.52. The van der Waals surface area contributed by atoms with E-state index in [0.717, 1.165) is 6.07 Å². The number of pyridine rings is 1. The summed E-state index contributed by atoms with van der Waals surface area (Å²) in [7, 11) is 1.52. The maximum Gasteiger partial charge on any atom is 0.262 e. The quantitative estimate of drug-likeness (QED) is 0.598. The van der Waals surface area contributed by atoms with Crippen LogP contribution in [-0.2, 0) is 4.79 Å². The lowest BCUT2D eigenvalue weighted by atomic mass is 10.2. The Hall–Kier alpha value is -3.94. The van der Waals surface area contributed by atoms with Gasteiger partial charge in [0.2, 0.25) is 5.95 Å². The van der Waals surface area contributed by atoms with Crippen LogP contribution in [0.2, 0.25) is 0 Å². The number of methoxy groups -OCH3 is 1. The number of nitrogens with one attached hydrogen (secondary N) is 2. The molecule has 3 rings (SSSR count). The van der Waals surface area contributed by atoms with Crippen LogP contribution in [0.15, 0.2) is 66.9 Å². The number of anilines is 2. The van der Waals surface area contributed by atoms with E-state index in [2.05, 4.69) is 15.6 Å². The molecule has 0 unspecified atom stereocenters. The second-order valence-corrected chi connectivity index (χ2v) is 5.89. The molecular weight excluding hydrogens is 377 g/mol. The number of hydrogen-bond donors (Lipinski definition) is 2. The molecule has 2 aromatic carbocycles. The Balaban J connectivity index is 1.59. The molecule has 1 aromatic heterocycles. The van der Waals surface area contributed by atoms with Crippen molar-refractivity contribution < 1.29 is 23.5 Å². The maximum absolute atomic E-state index is 13.2. The highest BCUT2D eigenvalue weighted by atomic mass is 19.1. The predicted molar refractivity (Wildman–Crippen MR) is 106 cm³/mol. The molecule has 0 aliphatic rings. The molecule has 0 bridgehead atoms. The van der Waals surface area contributed by atoms with Gasteiger partial charge < -0.3 is 20.1 Å². The summed E-state index contributed by atoms with van der Waals surface area (Å²) in [6.45, 7) is -0.215. The lowest BCUT2D eigenvalue weighted by Gasteiger charge is -2.11. The molecule has 8 heteroatoms. The van der Waals surface area contributed by atoms with Crippen LogP contribution in [0.3, 0.4) is 0 Å². The van der Waals surface area contributed by atoms with Crippen LogP contribution in [0.1, 0.15) is 10.4 Å². The number of carbonyl (C=O) groups excluding carboxylic acids is 2. The molecule has 3 aromatic rings. The summed E-state index contributed by atoms with van der Waals surface area (Å²) in [4.78, 5) is 27.8. The molecule has 0 aliphatic carbocycles. The van der Waals surface area contributed by atoms with E-state index < -0.39 is 11.9 Å². The third-order valence-electron chi connectivity index (χ3n) is 3.82. The van der Waals surface area contributed by atoms with E-state index in [-0.39, 0.29) is 18.1 Å². The Morgan fingerprint density at radius 2 is 1.69 bits per heavy atom. The topological polar surface area (TPSA) is 89.5 Å². The minimum atomic E-state index is -0.742. The first-order chi connectivity index (χ1) is 14.0. The summed E-state index contributed by atoms with van der Waals surface area (Å²) < 4.78 is 23.8. The van der Waals surface area contributed by atoms with Crippen molar-refractivity contribution in [3.05, 3.63) is 78.4 Å². The molecule has 2 amide bonds. The molecule has 0 aliphatic heterocycles. The Bertz CT molecular complexity index is 1030. The van der Waals surface area contributed by atoms with E-state index in [0.29, 0.717) is 22.9 Å². The minimum Gasteiger partial charge on any atom is -0.493 e. The van der Waals surface area contributed by atoms with Crippen LogP contribution in [-0.4, -0.2) is 30.5 Å². The zero-order valence-electron chi connectivity index (χ0n) is 15.5. The van der Waals surface area contributed by atoms with Crippen LogP contribution in [0, 0.1) is 5.95 Å². The van der Waals surface area contributed by atoms with E-state index in [1.807, 2.05) is 0 Å². The Kier molecular flexibility index (Phi) is 6.36. The van der Waals surface area contributed by atoms with Crippen LogP contribution in [0.4, 0.5) is 15.8 Å². The molecule has 148 valence electrons. The molecule has 2 N–H and O–H groups in total. The number of ether oxygens (including phenoxy) is 2. The van der Waals surface area contributed by atoms with Crippen LogP contribution < -0.4 is 20.1 Å². The van der Waals surface area contributed by atoms with Crippen molar-refractivity contribution in [2.45, 2.75) is 0 Å². The van der Waals surface area contributed by atoms with Crippen molar-refractivity contribution in [3.8, 4) is 11.5 Å². The van der Waals surface area contributed by atoms with Crippen molar-refractivity contribution >= 4 is 23.2 Å². The molecule has 1 heterocycles. The van der Waals surface area contributed by atoms with Crippen LogP contribution >= 0.6 is 0 Å². The lowest BCUT2D eigenvalue weighted by molar-refractivity contribution is -0.118. The summed E-state index contributed by atoms with van der Waals surface area (Å²) in [5.74, 6) is -0.633. The highest BCUT2D eigenvalue weighted by molar-refractivity contribution is 6.04. The van der Waals surface area contributed by atoms with E-state index in [4.69, 9.17) is 9.47 Å². The summed E-state index contributed by atoms with van der Waals surface area (Å²) in [6, 6.07) is 16.0. The van der Waals surface area contributed by atoms with E-state index in [9.17, 15) is 14.0 Å². The van der Waals surface area contributed by atoms with Gasteiger partial charge in [0.05, 0.1) is 7.11 Å². The SMILES string of the molecule is COc1ccccc1OCC(=O)Nc1cccc(NC(=O)c2ccnc(F)c2)c1. The van der Waals surface area contributed by atoms with E-state index in [1.165, 1.54) is 19.4 Å². The molecular formula is C21H18FN3O4. The highest BCUT2D eigenvalue weighted by Crippen LogP contribution is 2.25. The monoisotopic (exact) mass is 395 g/mol. The average Bonchev–Trinajstić information content (AvgIpc) is 2.72. The molecule has 7 nitrogen and oxygen atoms in total. The summed E-state index contributed by atoms with van der Waals surface area (Å²) in [5, 5.41) is 5.33. The number of benzene rings is 2. The Morgan fingerprint density at radius 3 is 2.41 bits per heavy atom. The largest absolute Gasteiger partial charge is 0.493 e. The van der Waals surface area contributed by atoms with Gasteiger partial charge in [-0.3, -0.25) is 9.59 Å². The molecule has 0 radical (unpaired) electrons. The van der Waals surface area contributed by atoms with Gasteiger partial charge in [-0.2, -0.15) is 4.39 Å². The summed E-state index contributed by atoms with van der Waals surface area (Å²) in [5.41, 5.74) is 1.05. The molecule has 0 saturated carbocycles. The third-order valence-corrected chi connectivity index (χ3v) is 3.82. The van der Waals surface area contributed by atoms with Gasteiger partial charge in [0.15, 0.2) is 18.1 Å². The first-order valence-corrected chi connectivity index (χ1v) is 8.64. The van der Waals surface area contributed by atoms with Gasteiger partial charge in [-0.05, 0) is 36.4 Å². The number of rotatable bonds is 7. The summed E-state index contributed by atoms with van der Waals surface area (Å²) >= 11 is 0. The van der Waals surface area contributed by atoms with Gasteiger partial charge in [-0.15, -0.1) is 0 Å². The van der Waals surface area contributed by atoms with Gasteiger partial charge in [0.25, 0.3) is 11.8 Å².